The normalized spacial score (nSPS) is 16.2. The highest BCUT2D eigenvalue weighted by molar-refractivity contribution is 5.45. The van der Waals surface area contributed by atoms with Gasteiger partial charge in [-0.1, -0.05) is 13.8 Å². The number of rotatable bonds is 0. The van der Waals surface area contributed by atoms with Crippen molar-refractivity contribution in [3.63, 3.8) is 0 Å². The van der Waals surface area contributed by atoms with Gasteiger partial charge in [-0.3, -0.25) is 5.41 Å². The van der Waals surface area contributed by atoms with Gasteiger partial charge < -0.3 is 4.57 Å². The standard InChI is InChI=1S/C12H12N4/c1-12(2)4-9-3-8(5-13)10(6-14)11(15)16(9)7-12/h3,15H,4,7H2,1-2H3. The molecule has 0 amide bonds. The van der Waals surface area contributed by atoms with Crippen molar-refractivity contribution in [1.82, 2.24) is 4.57 Å². The van der Waals surface area contributed by atoms with Crippen molar-refractivity contribution in [1.29, 1.82) is 15.9 Å². The van der Waals surface area contributed by atoms with Gasteiger partial charge in [0.25, 0.3) is 0 Å². The van der Waals surface area contributed by atoms with Crippen LogP contribution in [0.5, 0.6) is 0 Å². The molecule has 4 heteroatoms. The topological polar surface area (TPSA) is 76.4 Å². The van der Waals surface area contributed by atoms with E-state index in [-0.39, 0.29) is 16.5 Å². The number of nitrogens with zero attached hydrogens (tertiary/aromatic N) is 3. The van der Waals surface area contributed by atoms with Crippen LogP contribution in [0.25, 0.3) is 0 Å². The maximum Gasteiger partial charge on any atom is 0.144 e. The van der Waals surface area contributed by atoms with E-state index in [2.05, 4.69) is 13.8 Å². The van der Waals surface area contributed by atoms with E-state index in [0.717, 1.165) is 18.7 Å². The molecule has 4 nitrogen and oxygen atoms in total. The Morgan fingerprint density at radius 2 is 2.06 bits per heavy atom. The van der Waals surface area contributed by atoms with Crippen molar-refractivity contribution in [2.75, 3.05) is 0 Å². The van der Waals surface area contributed by atoms with Gasteiger partial charge in [0.15, 0.2) is 0 Å². The maximum atomic E-state index is 8.96. The zero-order valence-corrected chi connectivity index (χ0v) is 9.33. The third-order valence-electron chi connectivity index (χ3n) is 2.91. The summed E-state index contributed by atoms with van der Waals surface area (Å²) in [5, 5.41) is 25.8. The molecule has 0 spiro atoms. The number of aromatic nitrogens is 1. The molecule has 0 fully saturated rings. The van der Waals surface area contributed by atoms with Crippen LogP contribution in [0.3, 0.4) is 0 Å². The quantitative estimate of drug-likeness (QED) is 0.703. The fraction of sp³-hybridized carbons (Fsp3) is 0.417. The summed E-state index contributed by atoms with van der Waals surface area (Å²) in [5.74, 6) is 0. The molecule has 0 saturated heterocycles. The molecule has 80 valence electrons. The second-order valence-electron chi connectivity index (χ2n) is 4.92. The van der Waals surface area contributed by atoms with E-state index in [1.807, 2.05) is 16.7 Å². The SMILES string of the molecule is CC1(C)Cc2cc(C#N)c(C#N)c(=N)n2C1. The summed E-state index contributed by atoms with van der Waals surface area (Å²) in [6.07, 6.45) is 0.846. The minimum absolute atomic E-state index is 0.101. The molecule has 2 heterocycles. The second kappa shape index (κ2) is 3.21. The van der Waals surface area contributed by atoms with Crippen LogP contribution in [-0.4, -0.2) is 4.57 Å². The van der Waals surface area contributed by atoms with Crippen molar-refractivity contribution in [3.8, 4) is 12.1 Å². The van der Waals surface area contributed by atoms with E-state index in [4.69, 9.17) is 15.9 Å². The van der Waals surface area contributed by atoms with Gasteiger partial charge in [-0.05, 0) is 17.9 Å². The minimum Gasteiger partial charge on any atom is -0.329 e. The smallest absolute Gasteiger partial charge is 0.144 e. The Morgan fingerprint density at radius 1 is 1.38 bits per heavy atom. The lowest BCUT2D eigenvalue weighted by Crippen LogP contribution is -2.25. The van der Waals surface area contributed by atoms with Crippen LogP contribution >= 0.6 is 0 Å². The summed E-state index contributed by atoms with van der Waals surface area (Å²) in [7, 11) is 0. The summed E-state index contributed by atoms with van der Waals surface area (Å²) in [4.78, 5) is 0. The van der Waals surface area contributed by atoms with Gasteiger partial charge in [0.1, 0.15) is 23.2 Å². The molecule has 1 aromatic heterocycles. The zero-order chi connectivity index (χ0) is 11.9. The van der Waals surface area contributed by atoms with E-state index >= 15 is 0 Å². The van der Waals surface area contributed by atoms with Crippen LogP contribution in [0, 0.1) is 33.5 Å². The first kappa shape index (κ1) is 10.4. The molecule has 0 saturated carbocycles. The molecule has 1 aromatic rings. The van der Waals surface area contributed by atoms with Crippen LogP contribution in [0.4, 0.5) is 0 Å². The number of nitriles is 2. The molecule has 2 rings (SSSR count). The molecule has 0 bridgehead atoms. The number of hydrogen-bond donors (Lipinski definition) is 1. The maximum absolute atomic E-state index is 8.96. The Bertz CT molecular complexity index is 593. The van der Waals surface area contributed by atoms with Crippen molar-refractivity contribution < 1.29 is 0 Å². The second-order valence-corrected chi connectivity index (χ2v) is 4.92. The Morgan fingerprint density at radius 3 is 2.62 bits per heavy atom. The molecule has 0 aliphatic carbocycles. The lowest BCUT2D eigenvalue weighted by Gasteiger charge is -2.14. The van der Waals surface area contributed by atoms with Crippen molar-refractivity contribution in [3.05, 3.63) is 28.4 Å². The summed E-state index contributed by atoms with van der Waals surface area (Å²) in [6, 6.07) is 5.67. The number of fused-ring (bicyclic) bond motifs is 1. The minimum atomic E-state index is 0.101. The third-order valence-corrected chi connectivity index (χ3v) is 2.91. The molecule has 1 aliphatic rings. The van der Waals surface area contributed by atoms with Crippen molar-refractivity contribution >= 4 is 0 Å². The van der Waals surface area contributed by atoms with Gasteiger partial charge in [0.05, 0.1) is 5.56 Å². The van der Waals surface area contributed by atoms with Gasteiger partial charge in [0.2, 0.25) is 0 Å². The predicted molar refractivity (Wildman–Crippen MR) is 57.2 cm³/mol. The molecule has 16 heavy (non-hydrogen) atoms. The number of nitrogens with one attached hydrogen (secondary N) is 1. The largest absolute Gasteiger partial charge is 0.329 e. The highest BCUT2D eigenvalue weighted by Crippen LogP contribution is 2.30. The Labute approximate surface area is 93.9 Å². The van der Waals surface area contributed by atoms with E-state index in [1.54, 1.807) is 6.07 Å². The summed E-state index contributed by atoms with van der Waals surface area (Å²) < 4.78 is 1.83. The van der Waals surface area contributed by atoms with Gasteiger partial charge >= 0.3 is 0 Å². The molecule has 1 aliphatic heterocycles. The van der Waals surface area contributed by atoms with Gasteiger partial charge in [0, 0.05) is 12.2 Å². The van der Waals surface area contributed by atoms with Crippen LogP contribution < -0.4 is 5.49 Å². The molecule has 1 N–H and O–H groups in total. The van der Waals surface area contributed by atoms with Crippen LogP contribution in [-0.2, 0) is 13.0 Å². The molecule has 0 radical (unpaired) electrons. The molecule has 0 aromatic carbocycles. The Balaban J connectivity index is 2.74. The molecular weight excluding hydrogens is 200 g/mol. The van der Waals surface area contributed by atoms with E-state index < -0.39 is 0 Å². The average Bonchev–Trinajstić information content (AvgIpc) is 2.53. The zero-order valence-electron chi connectivity index (χ0n) is 9.33. The van der Waals surface area contributed by atoms with Crippen LogP contribution in [0.2, 0.25) is 0 Å². The highest BCUT2D eigenvalue weighted by atomic mass is 15.0. The first-order valence-corrected chi connectivity index (χ1v) is 5.10. The van der Waals surface area contributed by atoms with Crippen LogP contribution in [0.15, 0.2) is 6.07 Å². The summed E-state index contributed by atoms with van der Waals surface area (Å²) >= 11 is 0. The lowest BCUT2D eigenvalue weighted by molar-refractivity contribution is 0.355. The number of pyridine rings is 1. The van der Waals surface area contributed by atoms with Gasteiger partial charge in [-0.15, -0.1) is 0 Å². The summed E-state index contributed by atoms with van der Waals surface area (Å²) in [6.45, 7) is 4.98. The first-order chi connectivity index (χ1) is 7.48. The third kappa shape index (κ3) is 1.40. The van der Waals surface area contributed by atoms with E-state index in [9.17, 15) is 0 Å². The van der Waals surface area contributed by atoms with Crippen molar-refractivity contribution in [2.45, 2.75) is 26.8 Å². The Hall–Kier alpha value is -2.07. The van der Waals surface area contributed by atoms with E-state index in [1.165, 1.54) is 0 Å². The molecular formula is C12H12N4. The van der Waals surface area contributed by atoms with Gasteiger partial charge in [-0.25, -0.2) is 0 Å². The van der Waals surface area contributed by atoms with Crippen LogP contribution in [0.1, 0.15) is 30.7 Å². The average molecular weight is 212 g/mol. The lowest BCUT2D eigenvalue weighted by atomic mass is 9.91. The van der Waals surface area contributed by atoms with E-state index in [0.29, 0.717) is 5.56 Å². The fourth-order valence-corrected chi connectivity index (χ4v) is 2.23. The predicted octanol–water partition coefficient (Wildman–Crippen LogP) is 1.29. The fourth-order valence-electron chi connectivity index (χ4n) is 2.23. The summed E-state index contributed by atoms with van der Waals surface area (Å²) in [5.41, 5.74) is 1.75. The Kier molecular flexibility index (Phi) is 2.10. The number of hydrogen-bond acceptors (Lipinski definition) is 3. The van der Waals surface area contributed by atoms with Crippen molar-refractivity contribution in [2.24, 2.45) is 5.41 Å². The molecule has 0 atom stereocenters. The highest BCUT2D eigenvalue weighted by Gasteiger charge is 2.29. The monoisotopic (exact) mass is 212 g/mol. The van der Waals surface area contributed by atoms with Gasteiger partial charge in [-0.2, -0.15) is 10.5 Å². The molecule has 0 unspecified atom stereocenters. The first-order valence-electron chi connectivity index (χ1n) is 5.10.